The Labute approximate surface area is 164 Å². The van der Waals surface area contributed by atoms with E-state index >= 15 is 0 Å². The van der Waals surface area contributed by atoms with Gasteiger partial charge in [0, 0.05) is 17.6 Å². The van der Waals surface area contributed by atoms with Crippen LogP contribution in [0.2, 0.25) is 0 Å². The zero-order chi connectivity index (χ0) is 20.9. The third-order valence-corrected chi connectivity index (χ3v) is 7.46. The molecule has 28 heavy (non-hydrogen) atoms. The highest BCUT2D eigenvalue weighted by Gasteiger charge is 2.31. The van der Waals surface area contributed by atoms with Crippen LogP contribution in [0.4, 0.5) is 8.78 Å². The molecule has 0 saturated heterocycles. The van der Waals surface area contributed by atoms with Crippen LogP contribution >= 0.6 is 0 Å². The third-order valence-electron chi connectivity index (χ3n) is 4.28. The number of unbranched alkanes of at least 4 members (excludes halogenated alkanes) is 1. The monoisotopic (exact) mass is 432 g/mol. The van der Waals surface area contributed by atoms with Crippen LogP contribution in [0.5, 0.6) is 5.75 Å². The number of benzene rings is 2. The fourth-order valence-corrected chi connectivity index (χ4v) is 5.47. The predicted molar refractivity (Wildman–Crippen MR) is 103 cm³/mol. The molecule has 0 bridgehead atoms. The predicted octanol–water partition coefficient (Wildman–Crippen LogP) is 3.70. The summed E-state index contributed by atoms with van der Waals surface area (Å²) in [5.41, 5.74) is -0.276. The first kappa shape index (κ1) is 22.3. The molecule has 2 aromatic carbocycles. The molecule has 5 nitrogen and oxygen atoms in total. The summed E-state index contributed by atoms with van der Waals surface area (Å²) >= 11 is 0. The van der Waals surface area contributed by atoms with Crippen LogP contribution in [0.1, 0.15) is 30.1 Å². The molecule has 2 rings (SSSR count). The fourth-order valence-electron chi connectivity index (χ4n) is 2.88. The van der Waals surface area contributed by atoms with E-state index in [9.17, 15) is 25.6 Å². The summed E-state index contributed by atoms with van der Waals surface area (Å²) in [6.07, 6.45) is 1.48. The largest absolute Gasteiger partial charge is 0.497 e. The number of methoxy groups -OCH3 is 1. The quantitative estimate of drug-likeness (QED) is 0.565. The second kappa shape index (κ2) is 9.00. The van der Waals surface area contributed by atoms with Gasteiger partial charge in [-0.2, -0.15) is 0 Å². The summed E-state index contributed by atoms with van der Waals surface area (Å²) in [7, 11) is -5.89. The molecule has 0 heterocycles. The van der Waals surface area contributed by atoms with Gasteiger partial charge in [-0.15, -0.1) is 0 Å². The van der Waals surface area contributed by atoms with Gasteiger partial charge in [-0.25, -0.2) is 25.6 Å². The van der Waals surface area contributed by atoms with Gasteiger partial charge in [0.25, 0.3) is 0 Å². The lowest BCUT2D eigenvalue weighted by Crippen LogP contribution is -2.16. The van der Waals surface area contributed by atoms with E-state index in [0.29, 0.717) is 5.75 Å². The highest BCUT2D eigenvalue weighted by Crippen LogP contribution is 2.36. The molecular weight excluding hydrogens is 410 g/mol. The Morgan fingerprint density at radius 1 is 1.00 bits per heavy atom. The first-order chi connectivity index (χ1) is 13.0. The van der Waals surface area contributed by atoms with Crippen LogP contribution < -0.4 is 4.74 Å². The summed E-state index contributed by atoms with van der Waals surface area (Å²) in [5.74, 6) is -1.37. The lowest BCUT2D eigenvalue weighted by atomic mass is 10.1. The Hall–Kier alpha value is -2.00. The Bertz CT molecular complexity index is 1030. The number of hydrogen-bond acceptors (Lipinski definition) is 5. The lowest BCUT2D eigenvalue weighted by molar-refractivity contribution is 0.413. The van der Waals surface area contributed by atoms with Crippen LogP contribution in [-0.2, 0) is 19.7 Å². The van der Waals surface area contributed by atoms with Gasteiger partial charge < -0.3 is 4.74 Å². The zero-order valence-corrected chi connectivity index (χ0v) is 17.2. The van der Waals surface area contributed by atoms with E-state index in [-0.39, 0.29) is 35.5 Å². The van der Waals surface area contributed by atoms with Crippen molar-refractivity contribution in [1.82, 2.24) is 0 Å². The number of sulfone groups is 2. The molecule has 0 radical (unpaired) electrons. The molecule has 0 fully saturated rings. The summed E-state index contributed by atoms with van der Waals surface area (Å²) < 4.78 is 82.1. The van der Waals surface area contributed by atoms with Crippen molar-refractivity contribution in [3.05, 3.63) is 59.7 Å². The minimum atomic E-state index is -4.08. The van der Waals surface area contributed by atoms with Crippen LogP contribution in [0.3, 0.4) is 0 Å². The van der Waals surface area contributed by atoms with E-state index in [1.54, 1.807) is 6.07 Å². The van der Waals surface area contributed by atoms with Crippen molar-refractivity contribution in [2.75, 3.05) is 19.1 Å². The maximum atomic E-state index is 14.4. The van der Waals surface area contributed by atoms with E-state index in [1.165, 1.54) is 25.3 Å². The van der Waals surface area contributed by atoms with E-state index in [0.717, 1.165) is 24.5 Å². The lowest BCUT2D eigenvalue weighted by Gasteiger charge is -2.19. The number of ether oxygens (including phenoxy) is 1. The van der Waals surface area contributed by atoms with Crippen LogP contribution in [0.25, 0.3) is 0 Å². The number of hydrogen-bond donors (Lipinski definition) is 0. The van der Waals surface area contributed by atoms with E-state index < -0.39 is 36.6 Å². The summed E-state index contributed by atoms with van der Waals surface area (Å²) in [4.78, 5) is -0.0800. The maximum absolute atomic E-state index is 14.4. The van der Waals surface area contributed by atoms with E-state index in [2.05, 4.69) is 0 Å². The average molecular weight is 433 g/mol. The van der Waals surface area contributed by atoms with Gasteiger partial charge in [-0.1, -0.05) is 12.5 Å². The molecule has 0 amide bonds. The standard InChI is InChI=1S/C19H22F2O5S2/c1-26-15-6-5-7-16(13-15)28(24,25)19(8-3-4-11-27(2,22)23)17-12-14(20)9-10-18(17)21/h5-7,9-10,12-13,19H,3-4,8,11H2,1-2H3. The first-order valence-electron chi connectivity index (χ1n) is 8.55. The van der Waals surface area contributed by atoms with Crippen molar-refractivity contribution in [1.29, 1.82) is 0 Å². The summed E-state index contributed by atoms with van der Waals surface area (Å²) in [6, 6.07) is 8.41. The van der Waals surface area contributed by atoms with Crippen molar-refractivity contribution in [2.45, 2.75) is 29.4 Å². The van der Waals surface area contributed by atoms with Gasteiger partial charge in [0.15, 0.2) is 9.84 Å². The van der Waals surface area contributed by atoms with Crippen molar-refractivity contribution in [2.24, 2.45) is 0 Å². The van der Waals surface area contributed by atoms with Gasteiger partial charge in [-0.3, -0.25) is 0 Å². The smallest absolute Gasteiger partial charge is 0.185 e. The Morgan fingerprint density at radius 3 is 2.36 bits per heavy atom. The van der Waals surface area contributed by atoms with Crippen molar-refractivity contribution >= 4 is 19.7 Å². The fraction of sp³-hybridized carbons (Fsp3) is 0.368. The molecule has 0 aliphatic rings. The molecular formula is C19H22F2O5S2. The number of rotatable bonds is 9. The van der Waals surface area contributed by atoms with Crippen molar-refractivity contribution in [3.8, 4) is 5.75 Å². The van der Waals surface area contributed by atoms with Gasteiger partial charge >= 0.3 is 0 Å². The Balaban J connectivity index is 2.43. The summed E-state index contributed by atoms with van der Waals surface area (Å²) in [5, 5.41) is -1.35. The van der Waals surface area contributed by atoms with E-state index in [1.807, 2.05) is 0 Å². The van der Waals surface area contributed by atoms with Crippen LogP contribution in [0.15, 0.2) is 47.4 Å². The van der Waals surface area contributed by atoms with Crippen molar-refractivity contribution < 1.29 is 30.4 Å². The zero-order valence-electron chi connectivity index (χ0n) is 15.6. The topological polar surface area (TPSA) is 77.5 Å². The molecule has 1 atom stereocenters. The first-order valence-corrected chi connectivity index (χ1v) is 12.2. The highest BCUT2D eigenvalue weighted by molar-refractivity contribution is 7.91. The van der Waals surface area contributed by atoms with Crippen LogP contribution in [0, 0.1) is 11.6 Å². The average Bonchev–Trinajstić information content (AvgIpc) is 2.63. The second-order valence-corrected chi connectivity index (χ2v) is 10.9. The molecule has 2 aromatic rings. The molecule has 9 heteroatoms. The van der Waals surface area contributed by atoms with Gasteiger partial charge in [0.2, 0.25) is 0 Å². The molecule has 0 aliphatic heterocycles. The summed E-state index contributed by atoms with van der Waals surface area (Å²) in [6.45, 7) is 0. The second-order valence-electron chi connectivity index (χ2n) is 6.50. The van der Waals surface area contributed by atoms with Gasteiger partial charge in [0.05, 0.1) is 17.3 Å². The normalized spacial score (nSPS) is 13.3. The Morgan fingerprint density at radius 2 is 1.71 bits per heavy atom. The Kier molecular flexibility index (Phi) is 7.16. The minimum Gasteiger partial charge on any atom is -0.497 e. The molecule has 0 spiro atoms. The SMILES string of the molecule is COc1cccc(S(=O)(=O)C(CCCCS(C)(=O)=O)c2cc(F)ccc2F)c1. The van der Waals surface area contributed by atoms with Crippen molar-refractivity contribution in [3.63, 3.8) is 0 Å². The van der Waals surface area contributed by atoms with E-state index in [4.69, 9.17) is 4.74 Å². The third kappa shape index (κ3) is 5.75. The molecule has 0 aliphatic carbocycles. The minimum absolute atomic E-state index is 0.0462. The van der Waals surface area contributed by atoms with Gasteiger partial charge in [-0.05, 0) is 49.2 Å². The molecule has 0 saturated carbocycles. The van der Waals surface area contributed by atoms with Crippen LogP contribution in [-0.4, -0.2) is 36.0 Å². The van der Waals surface area contributed by atoms with Gasteiger partial charge in [0.1, 0.15) is 27.2 Å². The maximum Gasteiger partial charge on any atom is 0.185 e. The highest BCUT2D eigenvalue weighted by atomic mass is 32.2. The molecule has 154 valence electrons. The number of halogens is 2. The molecule has 0 N–H and O–H groups in total. The molecule has 0 aromatic heterocycles. The molecule has 1 unspecified atom stereocenters.